The molecule has 0 aliphatic heterocycles. The van der Waals surface area contributed by atoms with E-state index in [2.05, 4.69) is 25.5 Å². The number of nitrogens with one attached hydrogen (secondary N) is 2. The van der Waals surface area contributed by atoms with E-state index in [1.165, 1.54) is 27.7 Å². The quantitative estimate of drug-likeness (QED) is 0.376. The minimum atomic E-state index is -0.422. The number of hydrogen-bond donors (Lipinski definition) is 2. The van der Waals surface area contributed by atoms with Crippen LogP contribution in [-0.2, 0) is 11.2 Å². The van der Waals surface area contributed by atoms with Gasteiger partial charge in [0.15, 0.2) is 5.65 Å². The van der Waals surface area contributed by atoms with Crippen LogP contribution in [0.5, 0.6) is 0 Å². The molecule has 6 aromatic rings. The number of hydrogen-bond acceptors (Lipinski definition) is 5. The molecule has 0 bridgehead atoms. The number of nitrogens with zero attached hydrogens (tertiary/aromatic N) is 5. The molecule has 3 aromatic heterocycles. The summed E-state index contributed by atoms with van der Waals surface area (Å²) in [6.07, 6.45) is 1.56. The van der Waals surface area contributed by atoms with Gasteiger partial charge in [-0.1, -0.05) is 42.5 Å². The summed E-state index contributed by atoms with van der Waals surface area (Å²) in [4.78, 5) is 33.2. The lowest BCUT2D eigenvalue weighted by molar-refractivity contribution is -0.115. The minimum absolute atomic E-state index is 0.106. The Kier molecular flexibility index (Phi) is 5.33. The van der Waals surface area contributed by atoms with Gasteiger partial charge in [0.1, 0.15) is 17.0 Å². The number of aromatic nitrogens is 6. The van der Waals surface area contributed by atoms with E-state index < -0.39 is 5.56 Å². The van der Waals surface area contributed by atoms with Crippen LogP contribution in [0.3, 0.4) is 0 Å². The Morgan fingerprint density at radius 1 is 1.00 bits per heavy atom. The topological polar surface area (TPSA) is 110 Å². The maximum atomic E-state index is 13.4. The van der Waals surface area contributed by atoms with Crippen molar-refractivity contribution in [3.8, 4) is 11.6 Å². The summed E-state index contributed by atoms with van der Waals surface area (Å²) in [5.74, 6) is -0.159. The van der Waals surface area contributed by atoms with E-state index in [0.29, 0.717) is 17.2 Å². The van der Waals surface area contributed by atoms with Crippen molar-refractivity contribution >= 4 is 33.5 Å². The molecule has 0 saturated carbocycles. The Hall–Kier alpha value is -5.12. The van der Waals surface area contributed by atoms with Crippen LogP contribution in [0.15, 0.2) is 83.8 Å². The number of rotatable bonds is 5. The van der Waals surface area contributed by atoms with Crippen molar-refractivity contribution in [2.45, 2.75) is 13.3 Å². The van der Waals surface area contributed by atoms with Crippen molar-refractivity contribution < 1.29 is 9.18 Å². The van der Waals surface area contributed by atoms with Gasteiger partial charge in [-0.25, -0.2) is 9.07 Å². The largest absolute Gasteiger partial charge is 0.310 e. The van der Waals surface area contributed by atoms with Crippen LogP contribution in [-0.4, -0.2) is 35.4 Å². The van der Waals surface area contributed by atoms with E-state index in [0.717, 1.165) is 16.3 Å². The van der Waals surface area contributed by atoms with E-state index in [1.54, 1.807) is 25.1 Å². The second kappa shape index (κ2) is 8.83. The number of H-pyrrole nitrogens is 1. The summed E-state index contributed by atoms with van der Waals surface area (Å²) in [5, 5.41) is 13.9. The monoisotopic (exact) mass is 493 g/mol. The highest BCUT2D eigenvalue weighted by molar-refractivity contribution is 5.96. The minimum Gasteiger partial charge on any atom is -0.310 e. The van der Waals surface area contributed by atoms with Crippen LogP contribution < -0.4 is 10.9 Å². The molecule has 2 N–H and O–H groups in total. The summed E-state index contributed by atoms with van der Waals surface area (Å²) >= 11 is 0. The van der Waals surface area contributed by atoms with E-state index in [1.807, 2.05) is 42.5 Å². The highest BCUT2D eigenvalue weighted by atomic mass is 19.1. The maximum absolute atomic E-state index is 13.4. The molecule has 0 atom stereocenters. The molecule has 182 valence electrons. The highest BCUT2D eigenvalue weighted by Crippen LogP contribution is 2.21. The second-order valence-electron chi connectivity index (χ2n) is 8.61. The molecule has 0 radical (unpaired) electrons. The fraction of sp³-hybridized carbons (Fsp3) is 0.0741. The molecule has 3 heterocycles. The van der Waals surface area contributed by atoms with Crippen LogP contribution in [0.4, 0.5) is 10.2 Å². The van der Waals surface area contributed by atoms with Gasteiger partial charge in [-0.05, 0) is 47.5 Å². The predicted molar refractivity (Wildman–Crippen MR) is 138 cm³/mol. The Bertz CT molecular complexity index is 1850. The Morgan fingerprint density at radius 3 is 2.62 bits per heavy atom. The molecule has 0 spiro atoms. The molecule has 9 nitrogen and oxygen atoms in total. The van der Waals surface area contributed by atoms with E-state index >= 15 is 0 Å². The van der Waals surface area contributed by atoms with E-state index in [4.69, 9.17) is 0 Å². The number of benzene rings is 3. The van der Waals surface area contributed by atoms with Crippen molar-refractivity contribution in [3.05, 3.63) is 106 Å². The third-order valence-corrected chi connectivity index (χ3v) is 6.03. The first-order valence-electron chi connectivity index (χ1n) is 11.5. The van der Waals surface area contributed by atoms with E-state index in [-0.39, 0.29) is 35.1 Å². The van der Waals surface area contributed by atoms with E-state index in [9.17, 15) is 14.0 Å². The smallest absolute Gasteiger partial charge is 0.263 e. The summed E-state index contributed by atoms with van der Waals surface area (Å²) in [7, 11) is 0. The fourth-order valence-corrected chi connectivity index (χ4v) is 4.34. The van der Waals surface area contributed by atoms with Gasteiger partial charge in [-0.2, -0.15) is 19.9 Å². The van der Waals surface area contributed by atoms with Crippen LogP contribution >= 0.6 is 0 Å². The van der Waals surface area contributed by atoms with Gasteiger partial charge in [0.2, 0.25) is 11.9 Å². The van der Waals surface area contributed by atoms with Crippen molar-refractivity contribution in [1.29, 1.82) is 0 Å². The van der Waals surface area contributed by atoms with Crippen LogP contribution in [0.1, 0.15) is 11.3 Å². The highest BCUT2D eigenvalue weighted by Gasteiger charge is 2.17. The summed E-state index contributed by atoms with van der Waals surface area (Å²) < 4.78 is 16.2. The summed E-state index contributed by atoms with van der Waals surface area (Å²) in [6, 6.07) is 21.1. The number of anilines is 1. The lowest BCUT2D eigenvalue weighted by Crippen LogP contribution is -2.20. The Balaban J connectivity index is 1.35. The van der Waals surface area contributed by atoms with Crippen LogP contribution in [0, 0.1) is 12.7 Å². The fourth-order valence-electron chi connectivity index (χ4n) is 4.34. The van der Waals surface area contributed by atoms with Crippen molar-refractivity contribution in [3.63, 3.8) is 0 Å². The molecule has 1 amide bonds. The summed E-state index contributed by atoms with van der Waals surface area (Å²) in [5.41, 5.74) is 1.91. The van der Waals surface area contributed by atoms with Crippen molar-refractivity contribution in [2.24, 2.45) is 0 Å². The lowest BCUT2D eigenvalue weighted by Gasteiger charge is -2.10. The van der Waals surface area contributed by atoms with Crippen LogP contribution in [0.2, 0.25) is 0 Å². The molecule has 37 heavy (non-hydrogen) atoms. The third kappa shape index (κ3) is 4.14. The van der Waals surface area contributed by atoms with Gasteiger partial charge in [-0.3, -0.25) is 14.6 Å². The first kappa shape index (κ1) is 22.4. The molecule has 6 rings (SSSR count). The molecule has 0 unspecified atom stereocenters. The average molecular weight is 494 g/mol. The number of carbonyl (C=O) groups excluding carboxylic acids is 1. The molecule has 3 aromatic carbocycles. The number of aryl methyl sites for hydroxylation is 1. The molecule has 0 aliphatic carbocycles. The SMILES string of the molecule is Cc1cc(NC(=O)Cc2cccc3ccccc23)n(-c2nc3c(cnn3-c3ccc(F)cc3)c(=O)[nH]2)n1. The average Bonchev–Trinajstić information content (AvgIpc) is 3.48. The predicted octanol–water partition coefficient (Wildman–Crippen LogP) is 4.08. The summed E-state index contributed by atoms with van der Waals surface area (Å²) in [6.45, 7) is 1.77. The Labute approximate surface area is 209 Å². The zero-order valence-electron chi connectivity index (χ0n) is 19.6. The molecule has 0 aliphatic rings. The van der Waals surface area contributed by atoms with Gasteiger partial charge >= 0.3 is 0 Å². The number of halogens is 1. The number of aromatic amines is 1. The molecule has 0 saturated heterocycles. The van der Waals surface area contributed by atoms with Crippen molar-refractivity contribution in [1.82, 2.24) is 29.5 Å². The Morgan fingerprint density at radius 2 is 1.78 bits per heavy atom. The zero-order chi connectivity index (χ0) is 25.5. The zero-order valence-corrected chi connectivity index (χ0v) is 19.6. The van der Waals surface area contributed by atoms with Crippen molar-refractivity contribution in [2.75, 3.05) is 5.32 Å². The number of amides is 1. The van der Waals surface area contributed by atoms with Gasteiger partial charge in [-0.15, -0.1) is 0 Å². The first-order chi connectivity index (χ1) is 18.0. The van der Waals surface area contributed by atoms with Gasteiger partial charge in [0, 0.05) is 6.07 Å². The molecule has 10 heteroatoms. The molecular weight excluding hydrogens is 473 g/mol. The molecule has 0 fully saturated rings. The van der Waals surface area contributed by atoms with Gasteiger partial charge < -0.3 is 5.32 Å². The molecular formula is C27H20FN7O2. The normalized spacial score (nSPS) is 11.3. The number of carbonyl (C=O) groups is 1. The lowest BCUT2D eigenvalue weighted by atomic mass is 10.0. The first-order valence-corrected chi connectivity index (χ1v) is 11.5. The van der Waals surface area contributed by atoms with Gasteiger partial charge in [0.25, 0.3) is 5.56 Å². The maximum Gasteiger partial charge on any atom is 0.263 e. The van der Waals surface area contributed by atoms with Crippen LogP contribution in [0.25, 0.3) is 33.4 Å². The standard InChI is InChI=1S/C27H20FN7O2/c1-16-13-23(30-24(36)14-18-7-4-6-17-5-2-3-8-21(17)18)35(33-16)27-31-25-22(26(37)32-27)15-29-34(25)20-11-9-19(28)10-12-20/h2-13,15H,14H2,1H3,(H,30,36)(H,31,32,37). The van der Waals surface area contributed by atoms with Gasteiger partial charge in [0.05, 0.1) is 24.0 Å². The number of fused-ring (bicyclic) bond motifs is 2. The second-order valence-corrected chi connectivity index (χ2v) is 8.61. The third-order valence-electron chi connectivity index (χ3n) is 6.03.